The van der Waals surface area contributed by atoms with Crippen molar-refractivity contribution in [2.24, 2.45) is 11.7 Å². The number of thioether (sulfide) groups is 1. The molecule has 1 aliphatic rings. The minimum Gasteiger partial charge on any atom is -0.326 e. The zero-order valence-corrected chi connectivity index (χ0v) is 9.65. The molecule has 0 unspecified atom stereocenters. The van der Waals surface area contributed by atoms with Crippen LogP contribution in [-0.2, 0) is 0 Å². The van der Waals surface area contributed by atoms with Crippen LogP contribution in [0.3, 0.4) is 0 Å². The van der Waals surface area contributed by atoms with Gasteiger partial charge in [-0.3, -0.25) is 0 Å². The van der Waals surface area contributed by atoms with Gasteiger partial charge in [0.2, 0.25) is 0 Å². The molecule has 0 saturated carbocycles. The molecule has 2 N–H and O–H groups in total. The molecule has 2 atom stereocenters. The summed E-state index contributed by atoms with van der Waals surface area (Å²) in [7, 11) is 0. The Balaban J connectivity index is 2.21. The summed E-state index contributed by atoms with van der Waals surface area (Å²) in [6, 6.07) is 0.369. The average Bonchev–Trinajstić information content (AvgIpc) is 2.18. The number of hydrogen-bond acceptors (Lipinski definition) is 3. The monoisotopic (exact) mass is 202 g/mol. The van der Waals surface area contributed by atoms with Crippen molar-refractivity contribution in [3.05, 3.63) is 0 Å². The molecule has 0 radical (unpaired) electrons. The van der Waals surface area contributed by atoms with Gasteiger partial charge in [0.25, 0.3) is 0 Å². The molecule has 0 spiro atoms. The molecule has 13 heavy (non-hydrogen) atoms. The van der Waals surface area contributed by atoms with Gasteiger partial charge in [0.1, 0.15) is 0 Å². The van der Waals surface area contributed by atoms with Crippen molar-refractivity contribution in [1.82, 2.24) is 4.90 Å². The largest absolute Gasteiger partial charge is 0.326 e. The van der Waals surface area contributed by atoms with Gasteiger partial charge in [-0.05, 0) is 5.92 Å². The van der Waals surface area contributed by atoms with E-state index < -0.39 is 0 Å². The van der Waals surface area contributed by atoms with Gasteiger partial charge in [-0.1, -0.05) is 20.3 Å². The third-order valence-corrected chi connectivity index (χ3v) is 3.89. The van der Waals surface area contributed by atoms with Crippen molar-refractivity contribution >= 4 is 11.8 Å². The highest BCUT2D eigenvalue weighted by Crippen LogP contribution is 2.12. The second-order valence-electron chi connectivity index (χ2n) is 3.96. The highest BCUT2D eigenvalue weighted by molar-refractivity contribution is 7.99. The predicted molar refractivity (Wildman–Crippen MR) is 61.2 cm³/mol. The standard InChI is InChI=1S/C10H22N2S/c1-3-9(2)10(11)8-12-4-6-13-7-5-12/h9-10H,3-8,11H2,1-2H3/t9-,10+/m0/s1. The Morgan fingerprint density at radius 2 is 2.00 bits per heavy atom. The molecule has 1 fully saturated rings. The molecule has 1 aliphatic heterocycles. The highest BCUT2D eigenvalue weighted by atomic mass is 32.2. The molecule has 1 saturated heterocycles. The number of hydrogen-bond donors (Lipinski definition) is 1. The fraction of sp³-hybridized carbons (Fsp3) is 1.00. The summed E-state index contributed by atoms with van der Waals surface area (Å²) in [5, 5.41) is 0. The van der Waals surface area contributed by atoms with Crippen molar-refractivity contribution in [2.75, 3.05) is 31.1 Å². The van der Waals surface area contributed by atoms with Gasteiger partial charge >= 0.3 is 0 Å². The van der Waals surface area contributed by atoms with Gasteiger partial charge in [-0.2, -0.15) is 11.8 Å². The normalized spacial score (nSPS) is 24.2. The quantitative estimate of drug-likeness (QED) is 0.747. The van der Waals surface area contributed by atoms with Crippen LogP contribution in [0.2, 0.25) is 0 Å². The summed E-state index contributed by atoms with van der Waals surface area (Å²) in [5.41, 5.74) is 6.11. The number of rotatable bonds is 4. The first-order valence-corrected chi connectivity index (χ1v) is 6.45. The number of nitrogens with zero attached hydrogens (tertiary/aromatic N) is 1. The summed E-state index contributed by atoms with van der Waals surface area (Å²) < 4.78 is 0. The SMILES string of the molecule is CC[C@H](C)[C@H](N)CN1CCSCC1. The van der Waals surface area contributed by atoms with E-state index in [0.29, 0.717) is 12.0 Å². The molecule has 0 aromatic rings. The number of nitrogens with two attached hydrogens (primary N) is 1. The predicted octanol–water partition coefficient (Wildman–Crippen LogP) is 1.41. The van der Waals surface area contributed by atoms with Gasteiger partial charge in [-0.15, -0.1) is 0 Å². The molecule has 78 valence electrons. The van der Waals surface area contributed by atoms with E-state index in [1.165, 1.54) is 31.0 Å². The van der Waals surface area contributed by atoms with Crippen LogP contribution in [0.1, 0.15) is 20.3 Å². The van der Waals surface area contributed by atoms with Gasteiger partial charge in [0.15, 0.2) is 0 Å². The third kappa shape index (κ3) is 3.88. The van der Waals surface area contributed by atoms with Crippen molar-refractivity contribution in [2.45, 2.75) is 26.3 Å². The van der Waals surface area contributed by atoms with E-state index in [-0.39, 0.29) is 0 Å². The smallest absolute Gasteiger partial charge is 0.0193 e. The molecular formula is C10H22N2S. The lowest BCUT2D eigenvalue weighted by atomic mass is 10.00. The Morgan fingerprint density at radius 3 is 2.54 bits per heavy atom. The lowest BCUT2D eigenvalue weighted by Gasteiger charge is -2.30. The zero-order valence-electron chi connectivity index (χ0n) is 8.83. The van der Waals surface area contributed by atoms with E-state index in [4.69, 9.17) is 5.73 Å². The summed E-state index contributed by atoms with van der Waals surface area (Å²) in [4.78, 5) is 2.51. The Kier molecular flexibility index (Phi) is 5.14. The molecule has 0 aromatic heterocycles. The van der Waals surface area contributed by atoms with Crippen molar-refractivity contribution in [1.29, 1.82) is 0 Å². The molecule has 3 heteroatoms. The van der Waals surface area contributed by atoms with Gasteiger partial charge < -0.3 is 10.6 Å². The van der Waals surface area contributed by atoms with Gasteiger partial charge in [-0.25, -0.2) is 0 Å². The van der Waals surface area contributed by atoms with Crippen LogP contribution >= 0.6 is 11.8 Å². The summed E-state index contributed by atoms with van der Waals surface area (Å²) in [6.45, 7) is 8.03. The van der Waals surface area contributed by atoms with Crippen LogP contribution in [-0.4, -0.2) is 42.1 Å². The first-order chi connectivity index (χ1) is 6.24. The molecule has 0 bridgehead atoms. The first kappa shape index (κ1) is 11.3. The van der Waals surface area contributed by atoms with Gasteiger partial charge in [0.05, 0.1) is 0 Å². The van der Waals surface area contributed by atoms with E-state index in [1.807, 2.05) is 0 Å². The second-order valence-corrected chi connectivity index (χ2v) is 5.19. The topological polar surface area (TPSA) is 29.3 Å². The van der Waals surface area contributed by atoms with E-state index in [0.717, 1.165) is 6.54 Å². The van der Waals surface area contributed by atoms with Crippen molar-refractivity contribution in [3.8, 4) is 0 Å². The maximum atomic E-state index is 6.11. The molecular weight excluding hydrogens is 180 g/mol. The van der Waals surface area contributed by atoms with E-state index >= 15 is 0 Å². The van der Waals surface area contributed by atoms with Crippen LogP contribution in [0.4, 0.5) is 0 Å². The maximum Gasteiger partial charge on any atom is 0.0193 e. The molecule has 1 rings (SSSR count). The minimum absolute atomic E-state index is 0.369. The van der Waals surface area contributed by atoms with Gasteiger partial charge in [0, 0.05) is 37.2 Å². The minimum atomic E-state index is 0.369. The average molecular weight is 202 g/mol. The van der Waals surface area contributed by atoms with Crippen LogP contribution in [0.25, 0.3) is 0 Å². The van der Waals surface area contributed by atoms with Crippen molar-refractivity contribution in [3.63, 3.8) is 0 Å². The molecule has 0 amide bonds. The molecule has 1 heterocycles. The first-order valence-electron chi connectivity index (χ1n) is 5.29. The molecule has 0 aromatic carbocycles. The lowest BCUT2D eigenvalue weighted by Crippen LogP contribution is -2.44. The Morgan fingerprint density at radius 1 is 1.38 bits per heavy atom. The zero-order chi connectivity index (χ0) is 9.68. The van der Waals surface area contributed by atoms with Crippen molar-refractivity contribution < 1.29 is 0 Å². The Hall–Kier alpha value is 0.270. The summed E-state index contributed by atoms with van der Waals surface area (Å²) in [5.74, 6) is 3.23. The fourth-order valence-electron chi connectivity index (χ4n) is 1.56. The highest BCUT2D eigenvalue weighted by Gasteiger charge is 2.16. The molecule has 2 nitrogen and oxygen atoms in total. The Labute approximate surface area is 86.2 Å². The van der Waals surface area contributed by atoms with Crippen LogP contribution in [0.15, 0.2) is 0 Å². The fourth-order valence-corrected chi connectivity index (χ4v) is 2.54. The van der Waals surface area contributed by atoms with E-state index in [9.17, 15) is 0 Å². The molecule has 0 aliphatic carbocycles. The van der Waals surface area contributed by atoms with Crippen LogP contribution < -0.4 is 5.73 Å². The Bertz CT molecular complexity index is 135. The summed E-state index contributed by atoms with van der Waals surface area (Å²) in [6.07, 6.45) is 1.20. The second kappa shape index (κ2) is 5.89. The van der Waals surface area contributed by atoms with Crippen LogP contribution in [0.5, 0.6) is 0 Å². The maximum absolute atomic E-state index is 6.11. The summed E-state index contributed by atoms with van der Waals surface area (Å²) >= 11 is 2.06. The van der Waals surface area contributed by atoms with E-state index in [1.54, 1.807) is 0 Å². The third-order valence-electron chi connectivity index (χ3n) is 2.95. The lowest BCUT2D eigenvalue weighted by molar-refractivity contribution is 0.251. The van der Waals surface area contributed by atoms with E-state index in [2.05, 4.69) is 30.5 Å². The van der Waals surface area contributed by atoms with Crippen LogP contribution in [0, 0.1) is 5.92 Å².